The molecule has 1 aromatic rings. The van der Waals surface area contributed by atoms with Crippen LogP contribution in [0, 0.1) is 0 Å². The Hall–Kier alpha value is -0.800. The van der Waals surface area contributed by atoms with E-state index in [4.69, 9.17) is 10.5 Å². The molecule has 14 heavy (non-hydrogen) atoms. The molecular formula is C11H20N2O. The van der Waals surface area contributed by atoms with Crippen molar-refractivity contribution in [2.75, 3.05) is 13.2 Å². The monoisotopic (exact) mass is 196 g/mol. The Labute approximate surface area is 85.9 Å². The average Bonchev–Trinajstić information content (AvgIpc) is 2.53. The predicted octanol–water partition coefficient (Wildman–Crippen LogP) is 1.41. The van der Waals surface area contributed by atoms with Crippen molar-refractivity contribution in [1.29, 1.82) is 0 Å². The van der Waals surface area contributed by atoms with E-state index >= 15 is 0 Å². The maximum absolute atomic E-state index is 5.48. The summed E-state index contributed by atoms with van der Waals surface area (Å²) in [5, 5.41) is 0. The topological polar surface area (TPSA) is 40.2 Å². The molecule has 0 saturated heterocycles. The molecule has 0 aliphatic heterocycles. The van der Waals surface area contributed by atoms with Gasteiger partial charge in [-0.05, 0) is 38.4 Å². The van der Waals surface area contributed by atoms with Crippen molar-refractivity contribution in [2.45, 2.75) is 32.9 Å². The zero-order chi connectivity index (χ0) is 10.4. The molecule has 0 atom stereocenters. The minimum atomic E-state index is 0.314. The van der Waals surface area contributed by atoms with Gasteiger partial charge in [-0.25, -0.2) is 0 Å². The summed E-state index contributed by atoms with van der Waals surface area (Å²) in [6.45, 7) is 6.51. The molecule has 0 saturated carbocycles. The quantitative estimate of drug-likeness (QED) is 0.747. The average molecular weight is 196 g/mol. The first-order valence-electron chi connectivity index (χ1n) is 5.18. The highest BCUT2D eigenvalue weighted by atomic mass is 16.5. The van der Waals surface area contributed by atoms with Crippen molar-refractivity contribution in [3.8, 4) is 0 Å². The van der Waals surface area contributed by atoms with Crippen LogP contribution in [0.4, 0.5) is 0 Å². The van der Waals surface area contributed by atoms with Crippen LogP contribution < -0.4 is 5.73 Å². The summed E-state index contributed by atoms with van der Waals surface area (Å²) in [7, 11) is 0. The number of rotatable bonds is 6. The molecule has 0 amide bonds. The van der Waals surface area contributed by atoms with Gasteiger partial charge in [0.2, 0.25) is 0 Å². The van der Waals surface area contributed by atoms with E-state index in [2.05, 4.69) is 36.9 Å². The highest BCUT2D eigenvalue weighted by Gasteiger charge is 1.97. The second kappa shape index (κ2) is 5.83. The van der Waals surface area contributed by atoms with Gasteiger partial charge in [-0.1, -0.05) is 0 Å². The van der Waals surface area contributed by atoms with E-state index in [0.29, 0.717) is 12.6 Å². The molecule has 80 valence electrons. The van der Waals surface area contributed by atoms with Crippen LogP contribution in [0.2, 0.25) is 0 Å². The molecule has 1 rings (SSSR count). The van der Waals surface area contributed by atoms with E-state index in [-0.39, 0.29) is 0 Å². The van der Waals surface area contributed by atoms with Gasteiger partial charge in [0.1, 0.15) is 0 Å². The highest BCUT2D eigenvalue weighted by molar-refractivity contribution is 5.10. The van der Waals surface area contributed by atoms with Crippen molar-refractivity contribution >= 4 is 0 Å². The molecular weight excluding hydrogens is 176 g/mol. The SMILES string of the molecule is CC(C)OCCn1ccc(CCN)c1. The maximum Gasteiger partial charge on any atom is 0.0648 e. The third kappa shape index (κ3) is 3.94. The third-order valence-electron chi connectivity index (χ3n) is 2.05. The number of nitrogens with two attached hydrogens (primary N) is 1. The van der Waals surface area contributed by atoms with Crippen LogP contribution in [0.5, 0.6) is 0 Å². The van der Waals surface area contributed by atoms with Crippen LogP contribution in [0.3, 0.4) is 0 Å². The smallest absolute Gasteiger partial charge is 0.0648 e. The van der Waals surface area contributed by atoms with Crippen molar-refractivity contribution < 1.29 is 4.74 Å². The summed E-state index contributed by atoms with van der Waals surface area (Å²) in [4.78, 5) is 0. The Morgan fingerprint density at radius 2 is 2.29 bits per heavy atom. The lowest BCUT2D eigenvalue weighted by molar-refractivity contribution is 0.0728. The normalized spacial score (nSPS) is 11.1. The third-order valence-corrected chi connectivity index (χ3v) is 2.05. The fourth-order valence-electron chi connectivity index (χ4n) is 1.34. The van der Waals surface area contributed by atoms with Gasteiger partial charge >= 0.3 is 0 Å². The Morgan fingerprint density at radius 3 is 2.93 bits per heavy atom. The molecule has 0 bridgehead atoms. The zero-order valence-corrected chi connectivity index (χ0v) is 9.07. The van der Waals surface area contributed by atoms with Crippen molar-refractivity contribution in [1.82, 2.24) is 4.57 Å². The first-order chi connectivity index (χ1) is 6.72. The maximum atomic E-state index is 5.48. The summed E-state index contributed by atoms with van der Waals surface area (Å²) in [6, 6.07) is 2.11. The Morgan fingerprint density at radius 1 is 1.50 bits per heavy atom. The van der Waals surface area contributed by atoms with Crippen LogP contribution in [0.15, 0.2) is 18.5 Å². The Bertz CT molecular complexity index is 256. The molecule has 0 unspecified atom stereocenters. The van der Waals surface area contributed by atoms with Crippen LogP contribution in [0.1, 0.15) is 19.4 Å². The summed E-state index contributed by atoms with van der Waals surface area (Å²) in [5.74, 6) is 0. The minimum Gasteiger partial charge on any atom is -0.377 e. The van der Waals surface area contributed by atoms with Gasteiger partial charge in [-0.2, -0.15) is 0 Å². The van der Waals surface area contributed by atoms with Crippen molar-refractivity contribution in [3.05, 3.63) is 24.0 Å². The van der Waals surface area contributed by atoms with Gasteiger partial charge < -0.3 is 15.0 Å². The highest BCUT2D eigenvalue weighted by Crippen LogP contribution is 2.01. The zero-order valence-electron chi connectivity index (χ0n) is 9.07. The number of hydrogen-bond acceptors (Lipinski definition) is 2. The first-order valence-corrected chi connectivity index (χ1v) is 5.18. The van der Waals surface area contributed by atoms with Crippen LogP contribution >= 0.6 is 0 Å². The molecule has 0 aliphatic carbocycles. The first kappa shape index (κ1) is 11.3. The number of hydrogen-bond donors (Lipinski definition) is 1. The van der Waals surface area contributed by atoms with Crippen LogP contribution in [0.25, 0.3) is 0 Å². The lowest BCUT2D eigenvalue weighted by Gasteiger charge is -2.07. The van der Waals surface area contributed by atoms with Crippen LogP contribution in [-0.2, 0) is 17.7 Å². The summed E-state index contributed by atoms with van der Waals surface area (Å²) < 4.78 is 7.62. The fourth-order valence-corrected chi connectivity index (χ4v) is 1.34. The van der Waals surface area contributed by atoms with E-state index in [1.54, 1.807) is 0 Å². The molecule has 3 nitrogen and oxygen atoms in total. The molecule has 2 N–H and O–H groups in total. The van der Waals surface area contributed by atoms with Gasteiger partial charge in [0.25, 0.3) is 0 Å². The van der Waals surface area contributed by atoms with Crippen LogP contribution in [-0.4, -0.2) is 23.8 Å². The van der Waals surface area contributed by atoms with Gasteiger partial charge in [-0.3, -0.25) is 0 Å². The summed E-state index contributed by atoms with van der Waals surface area (Å²) >= 11 is 0. The molecule has 1 aromatic heterocycles. The molecule has 0 spiro atoms. The minimum absolute atomic E-state index is 0.314. The molecule has 0 aromatic carbocycles. The summed E-state index contributed by atoms with van der Waals surface area (Å²) in [5.41, 5.74) is 6.78. The van der Waals surface area contributed by atoms with Gasteiger partial charge in [0, 0.05) is 18.9 Å². The van der Waals surface area contributed by atoms with E-state index in [1.165, 1.54) is 5.56 Å². The fraction of sp³-hybridized carbons (Fsp3) is 0.636. The van der Waals surface area contributed by atoms with Gasteiger partial charge in [0.05, 0.1) is 12.7 Å². The Balaban J connectivity index is 2.28. The summed E-state index contributed by atoms with van der Waals surface area (Å²) in [6.07, 6.45) is 5.48. The van der Waals surface area contributed by atoms with Crippen molar-refractivity contribution in [3.63, 3.8) is 0 Å². The standard InChI is InChI=1S/C11H20N2O/c1-10(2)14-8-7-13-6-4-11(9-13)3-5-12/h4,6,9-10H,3,5,7-8,12H2,1-2H3. The van der Waals surface area contributed by atoms with Gasteiger partial charge in [-0.15, -0.1) is 0 Å². The predicted molar refractivity (Wildman–Crippen MR) is 58.3 cm³/mol. The van der Waals surface area contributed by atoms with E-state index < -0.39 is 0 Å². The van der Waals surface area contributed by atoms with E-state index in [1.807, 2.05) is 0 Å². The van der Waals surface area contributed by atoms with Gasteiger partial charge in [0.15, 0.2) is 0 Å². The second-order valence-electron chi connectivity index (χ2n) is 3.72. The molecule has 0 aliphatic rings. The number of ether oxygens (including phenoxy) is 1. The van der Waals surface area contributed by atoms with E-state index in [0.717, 1.165) is 19.6 Å². The molecule has 0 radical (unpaired) electrons. The number of nitrogens with zero attached hydrogens (tertiary/aromatic N) is 1. The molecule has 0 fully saturated rings. The number of aromatic nitrogens is 1. The lowest BCUT2D eigenvalue weighted by Crippen LogP contribution is -2.09. The Kier molecular flexibility index (Phi) is 4.70. The van der Waals surface area contributed by atoms with Crippen molar-refractivity contribution in [2.24, 2.45) is 5.73 Å². The second-order valence-corrected chi connectivity index (χ2v) is 3.72. The lowest BCUT2D eigenvalue weighted by atomic mass is 10.2. The molecule has 3 heteroatoms. The largest absolute Gasteiger partial charge is 0.377 e. The molecule has 1 heterocycles. The van der Waals surface area contributed by atoms with E-state index in [9.17, 15) is 0 Å².